The second-order valence-corrected chi connectivity index (χ2v) is 13.4. The number of carboxylic acids is 1. The number of carboxylic acid groups (broad SMARTS) is 1. The van der Waals surface area contributed by atoms with Crippen molar-refractivity contribution in [2.75, 3.05) is 12.0 Å². The van der Waals surface area contributed by atoms with Crippen molar-refractivity contribution >= 4 is 23.6 Å². The molecule has 2 saturated carbocycles. The summed E-state index contributed by atoms with van der Waals surface area (Å²) in [4.78, 5) is 25.2. The van der Waals surface area contributed by atoms with Crippen LogP contribution >= 0.6 is 11.8 Å². The van der Waals surface area contributed by atoms with Crippen LogP contribution in [0.3, 0.4) is 0 Å². The van der Waals surface area contributed by atoms with Gasteiger partial charge in [-0.3, -0.25) is 4.79 Å². The van der Waals surface area contributed by atoms with Gasteiger partial charge in [0, 0.05) is 18.2 Å². The first-order valence-corrected chi connectivity index (χ1v) is 17.3. The number of nitrogens with one attached hydrogen (secondary N) is 2. The van der Waals surface area contributed by atoms with Crippen LogP contribution in [0, 0.1) is 18.8 Å². The molecule has 2 aromatic rings. The summed E-state index contributed by atoms with van der Waals surface area (Å²) in [6.07, 6.45) is 18.5. The number of carbonyl (C=O) groups excluding carboxylic acids is 2. The number of hydrogen-bond donors (Lipinski definition) is 2. The van der Waals surface area contributed by atoms with Crippen LogP contribution in [-0.2, 0) is 11.3 Å². The van der Waals surface area contributed by atoms with E-state index in [9.17, 15) is 14.7 Å². The average molecular weight is 585 g/mol. The molecule has 1 atom stereocenters. The standard InChI is InChI=1S/C35H50N2O3S.Li/c1-25-11-9-10-16-30(25)32-23-28(17-18-31(32)34(38)37-33(35(39)40)19-20-41-2)24-36-29(21-26-12-5-3-6-13-26)22-27-14-7-4-8-15-27;/h9-11,16-18,23,26-27,29,33,36H,3-8,12-15,19-22,24H2,1-2H3,(H,37,38)(H,39,40);/q;+1/p-1/t33-;/m0./s1. The molecule has 0 aliphatic heterocycles. The number of aryl methyl sites for hydroxylation is 1. The van der Waals surface area contributed by atoms with E-state index >= 15 is 0 Å². The Balaban J connectivity index is 0.00000484. The molecule has 0 spiro atoms. The van der Waals surface area contributed by atoms with Gasteiger partial charge in [-0.15, -0.1) is 0 Å². The van der Waals surface area contributed by atoms with Crippen molar-refractivity contribution < 1.29 is 33.6 Å². The van der Waals surface area contributed by atoms with Gasteiger partial charge in [0.05, 0.1) is 12.0 Å². The Hall–Kier alpha value is -1.71. The molecule has 0 saturated heterocycles. The van der Waals surface area contributed by atoms with E-state index in [-0.39, 0.29) is 24.8 Å². The Morgan fingerprint density at radius 2 is 1.52 bits per heavy atom. The zero-order valence-corrected chi connectivity index (χ0v) is 26.9. The average Bonchev–Trinajstić information content (AvgIpc) is 2.99. The quantitative estimate of drug-likeness (QED) is 0.332. The summed E-state index contributed by atoms with van der Waals surface area (Å²) in [5.74, 6) is 0.692. The minimum Gasteiger partial charge on any atom is -0.548 e. The van der Waals surface area contributed by atoms with Crippen LogP contribution in [0.25, 0.3) is 11.1 Å². The fraction of sp³-hybridized carbons (Fsp3) is 0.600. The summed E-state index contributed by atoms with van der Waals surface area (Å²) in [6, 6.07) is 13.6. The Morgan fingerprint density at radius 3 is 2.10 bits per heavy atom. The van der Waals surface area contributed by atoms with E-state index in [4.69, 9.17) is 0 Å². The van der Waals surface area contributed by atoms with Gasteiger partial charge in [-0.05, 0) is 84.4 Å². The van der Waals surface area contributed by atoms with E-state index in [0.717, 1.165) is 40.6 Å². The molecule has 224 valence electrons. The summed E-state index contributed by atoms with van der Waals surface area (Å²) < 4.78 is 0. The van der Waals surface area contributed by atoms with Gasteiger partial charge in [0.25, 0.3) is 5.91 Å². The maximum Gasteiger partial charge on any atom is 1.00 e. The van der Waals surface area contributed by atoms with Crippen molar-refractivity contribution in [3.8, 4) is 11.1 Å². The van der Waals surface area contributed by atoms with E-state index in [0.29, 0.717) is 23.8 Å². The maximum atomic E-state index is 13.4. The van der Waals surface area contributed by atoms with Gasteiger partial charge in [0.15, 0.2) is 0 Å². The van der Waals surface area contributed by atoms with E-state index < -0.39 is 12.0 Å². The predicted octanol–water partition coefficient (Wildman–Crippen LogP) is 3.67. The molecule has 1 amide bonds. The summed E-state index contributed by atoms with van der Waals surface area (Å²) >= 11 is 1.55. The summed E-state index contributed by atoms with van der Waals surface area (Å²) in [5.41, 5.74) is 4.57. The van der Waals surface area contributed by atoms with E-state index in [2.05, 4.69) is 29.7 Å². The Bertz CT molecular complexity index is 1110. The molecule has 5 nitrogen and oxygen atoms in total. The monoisotopic (exact) mass is 584 g/mol. The van der Waals surface area contributed by atoms with E-state index in [1.807, 2.05) is 36.6 Å². The third-order valence-corrected chi connectivity index (χ3v) is 9.89. The number of benzene rings is 2. The largest absolute Gasteiger partial charge is 1.00 e. The molecule has 2 fully saturated rings. The van der Waals surface area contributed by atoms with Crippen LogP contribution in [0.5, 0.6) is 0 Å². The van der Waals surface area contributed by atoms with Gasteiger partial charge in [0.2, 0.25) is 0 Å². The van der Waals surface area contributed by atoms with Crippen molar-refractivity contribution in [1.29, 1.82) is 0 Å². The summed E-state index contributed by atoms with van der Waals surface area (Å²) in [5, 5.41) is 18.4. The topological polar surface area (TPSA) is 81.3 Å². The number of thioether (sulfide) groups is 1. The third-order valence-electron chi connectivity index (χ3n) is 9.24. The summed E-state index contributed by atoms with van der Waals surface area (Å²) in [7, 11) is 0. The summed E-state index contributed by atoms with van der Waals surface area (Å²) in [6.45, 7) is 2.81. The first kappa shape index (κ1) is 34.8. The van der Waals surface area contributed by atoms with Crippen molar-refractivity contribution in [2.45, 2.75) is 109 Å². The molecule has 7 heteroatoms. The minimum absolute atomic E-state index is 0. The molecular weight excluding hydrogens is 535 g/mol. The number of carbonyl (C=O) groups is 2. The van der Waals surface area contributed by atoms with E-state index in [1.54, 1.807) is 11.8 Å². The molecule has 2 aliphatic rings. The first-order valence-electron chi connectivity index (χ1n) is 15.9. The van der Waals surface area contributed by atoms with Gasteiger partial charge in [-0.2, -0.15) is 11.8 Å². The van der Waals surface area contributed by atoms with Crippen LogP contribution in [0.2, 0.25) is 0 Å². The second kappa shape index (κ2) is 18.2. The van der Waals surface area contributed by atoms with Crippen LogP contribution < -0.4 is 34.6 Å². The predicted molar refractivity (Wildman–Crippen MR) is 169 cm³/mol. The molecule has 0 unspecified atom stereocenters. The molecule has 4 rings (SSSR count). The van der Waals surface area contributed by atoms with Crippen molar-refractivity contribution in [3.63, 3.8) is 0 Å². The van der Waals surface area contributed by atoms with Gasteiger partial charge < -0.3 is 20.5 Å². The van der Waals surface area contributed by atoms with Crippen LogP contribution in [-0.4, -0.2) is 36.0 Å². The Kier molecular flexibility index (Phi) is 15.1. The number of rotatable bonds is 14. The molecule has 0 aromatic heterocycles. The number of hydrogen-bond acceptors (Lipinski definition) is 5. The molecule has 2 aromatic carbocycles. The molecule has 0 bridgehead atoms. The van der Waals surface area contributed by atoms with Gasteiger partial charge >= 0.3 is 18.9 Å². The Labute approximate surface area is 270 Å². The fourth-order valence-electron chi connectivity index (χ4n) is 6.89. The molecule has 0 heterocycles. The fourth-order valence-corrected chi connectivity index (χ4v) is 7.36. The van der Waals surface area contributed by atoms with Gasteiger partial charge in [0.1, 0.15) is 0 Å². The molecular formula is C35H49LiN2O3S. The molecule has 42 heavy (non-hydrogen) atoms. The minimum atomic E-state index is -1.24. The van der Waals surface area contributed by atoms with Crippen LogP contribution in [0.1, 0.15) is 105 Å². The first-order chi connectivity index (χ1) is 19.9. The zero-order valence-electron chi connectivity index (χ0n) is 26.1. The van der Waals surface area contributed by atoms with Crippen molar-refractivity contribution in [3.05, 3.63) is 59.2 Å². The maximum absolute atomic E-state index is 13.4. The molecule has 2 N–H and O–H groups in total. The normalized spacial score (nSPS) is 17.0. The number of aliphatic carboxylic acids is 1. The zero-order chi connectivity index (χ0) is 29.0. The molecule has 0 radical (unpaired) electrons. The van der Waals surface area contributed by atoms with Crippen LogP contribution in [0.4, 0.5) is 0 Å². The third kappa shape index (κ3) is 10.5. The second-order valence-electron chi connectivity index (χ2n) is 12.4. The van der Waals surface area contributed by atoms with Gasteiger partial charge in [-0.25, -0.2) is 0 Å². The number of amides is 1. The van der Waals surface area contributed by atoms with Crippen molar-refractivity contribution in [1.82, 2.24) is 10.6 Å². The SMILES string of the molecule is CSCC[C@H](NC(=O)c1ccc(CNC(CC2CCCCC2)CC2CCCCC2)cc1-c1ccccc1C)C(=O)[O-].[Li+]. The van der Waals surface area contributed by atoms with E-state index in [1.165, 1.54) is 77.0 Å². The van der Waals surface area contributed by atoms with Crippen LogP contribution in [0.15, 0.2) is 42.5 Å². The smallest absolute Gasteiger partial charge is 0.548 e. The Morgan fingerprint density at radius 1 is 0.905 bits per heavy atom. The van der Waals surface area contributed by atoms with Crippen molar-refractivity contribution in [2.24, 2.45) is 11.8 Å². The molecule has 2 aliphatic carbocycles. The van der Waals surface area contributed by atoms with Gasteiger partial charge in [-0.1, -0.05) is 94.5 Å².